The summed E-state index contributed by atoms with van der Waals surface area (Å²) >= 11 is 5.92. The summed E-state index contributed by atoms with van der Waals surface area (Å²) in [4.78, 5) is 7.66. The highest BCUT2D eigenvalue weighted by atomic mass is 35.5. The number of hydrogen-bond donors (Lipinski definition) is 2. The minimum atomic E-state index is 0.233. The summed E-state index contributed by atoms with van der Waals surface area (Å²) < 4.78 is 5.21. The molecule has 5 heteroatoms. The van der Waals surface area contributed by atoms with Crippen molar-refractivity contribution in [2.24, 2.45) is 5.41 Å². The lowest BCUT2D eigenvalue weighted by molar-refractivity contribution is -0.0925. The monoisotopic (exact) mass is 251 g/mol. The third-order valence-electron chi connectivity index (χ3n) is 3.03. The average molecular weight is 252 g/mol. The van der Waals surface area contributed by atoms with E-state index >= 15 is 0 Å². The number of fused-ring (bicyclic) bond motifs is 1. The van der Waals surface area contributed by atoms with E-state index in [-0.39, 0.29) is 5.41 Å². The average Bonchev–Trinajstić information content (AvgIpc) is 2.65. The molecule has 0 radical (unpaired) electrons. The lowest BCUT2D eigenvalue weighted by Gasteiger charge is -2.37. The topological polar surface area (TPSA) is 49.9 Å². The molecule has 1 fully saturated rings. The number of nitrogens with zero attached hydrogens (tertiary/aromatic N) is 1. The van der Waals surface area contributed by atoms with Gasteiger partial charge in [-0.1, -0.05) is 18.5 Å². The second kappa shape index (κ2) is 3.89. The van der Waals surface area contributed by atoms with Crippen molar-refractivity contribution in [2.45, 2.75) is 6.92 Å². The zero-order chi connectivity index (χ0) is 11.9. The molecule has 90 valence electrons. The second-order valence-corrected chi connectivity index (χ2v) is 5.34. The van der Waals surface area contributed by atoms with Crippen LogP contribution in [0.25, 0.3) is 11.0 Å². The van der Waals surface area contributed by atoms with Crippen LogP contribution >= 0.6 is 11.6 Å². The van der Waals surface area contributed by atoms with Crippen molar-refractivity contribution >= 4 is 28.6 Å². The maximum atomic E-state index is 5.92. The summed E-state index contributed by atoms with van der Waals surface area (Å²) in [5.41, 5.74) is 2.11. The predicted molar refractivity (Wildman–Crippen MR) is 68.5 cm³/mol. The van der Waals surface area contributed by atoms with Crippen molar-refractivity contribution in [2.75, 3.05) is 25.1 Å². The van der Waals surface area contributed by atoms with E-state index in [0.29, 0.717) is 5.02 Å². The Labute approximate surface area is 104 Å². The Bertz CT molecular complexity index is 548. The number of hydrogen-bond acceptors (Lipinski definition) is 3. The van der Waals surface area contributed by atoms with E-state index in [2.05, 4.69) is 22.2 Å². The first-order valence-electron chi connectivity index (χ1n) is 5.62. The van der Waals surface area contributed by atoms with E-state index in [4.69, 9.17) is 16.3 Å². The van der Waals surface area contributed by atoms with Crippen molar-refractivity contribution in [3.63, 3.8) is 0 Å². The Morgan fingerprint density at radius 3 is 3.06 bits per heavy atom. The van der Waals surface area contributed by atoms with Gasteiger partial charge in [0.2, 0.25) is 5.95 Å². The quantitative estimate of drug-likeness (QED) is 0.882. The van der Waals surface area contributed by atoms with Crippen molar-refractivity contribution < 1.29 is 4.74 Å². The van der Waals surface area contributed by atoms with E-state index in [0.717, 1.165) is 36.7 Å². The Balaban J connectivity index is 1.76. The van der Waals surface area contributed by atoms with Crippen molar-refractivity contribution in [1.29, 1.82) is 0 Å². The number of ether oxygens (including phenoxy) is 1. The van der Waals surface area contributed by atoms with Crippen molar-refractivity contribution in [3.05, 3.63) is 23.2 Å². The number of anilines is 1. The van der Waals surface area contributed by atoms with Crippen LogP contribution in [0, 0.1) is 5.41 Å². The lowest BCUT2D eigenvalue weighted by atomic mass is 9.89. The van der Waals surface area contributed by atoms with Gasteiger partial charge in [-0.15, -0.1) is 0 Å². The summed E-state index contributed by atoms with van der Waals surface area (Å²) in [5, 5.41) is 4.02. The lowest BCUT2D eigenvalue weighted by Crippen LogP contribution is -2.45. The summed E-state index contributed by atoms with van der Waals surface area (Å²) in [6, 6.07) is 5.63. The molecule has 2 N–H and O–H groups in total. The largest absolute Gasteiger partial charge is 0.380 e. The zero-order valence-electron chi connectivity index (χ0n) is 9.59. The highest BCUT2D eigenvalue weighted by Gasteiger charge is 2.33. The van der Waals surface area contributed by atoms with Crippen LogP contribution in [0.3, 0.4) is 0 Å². The summed E-state index contributed by atoms with van der Waals surface area (Å²) in [7, 11) is 0. The second-order valence-electron chi connectivity index (χ2n) is 4.90. The molecule has 2 aromatic rings. The fourth-order valence-corrected chi connectivity index (χ4v) is 2.09. The minimum absolute atomic E-state index is 0.233. The van der Waals surface area contributed by atoms with Gasteiger partial charge in [0.15, 0.2) is 0 Å². The fourth-order valence-electron chi connectivity index (χ4n) is 1.92. The third kappa shape index (κ3) is 2.10. The molecule has 2 heterocycles. The number of aromatic nitrogens is 2. The van der Waals surface area contributed by atoms with E-state index in [1.54, 1.807) is 0 Å². The number of H-pyrrole nitrogens is 1. The third-order valence-corrected chi connectivity index (χ3v) is 3.26. The molecule has 0 unspecified atom stereocenters. The molecular weight excluding hydrogens is 238 g/mol. The van der Waals surface area contributed by atoms with E-state index < -0.39 is 0 Å². The van der Waals surface area contributed by atoms with Crippen molar-refractivity contribution in [1.82, 2.24) is 9.97 Å². The molecular formula is C12H14ClN3O. The smallest absolute Gasteiger partial charge is 0.201 e. The molecule has 0 saturated carbocycles. The first-order chi connectivity index (χ1) is 8.15. The summed E-state index contributed by atoms with van der Waals surface area (Å²) in [6.45, 7) is 4.68. The summed E-state index contributed by atoms with van der Waals surface area (Å²) in [5.74, 6) is 0.787. The highest BCUT2D eigenvalue weighted by Crippen LogP contribution is 2.27. The van der Waals surface area contributed by atoms with Gasteiger partial charge in [0.1, 0.15) is 0 Å². The van der Waals surface area contributed by atoms with Crippen LogP contribution < -0.4 is 5.32 Å². The van der Waals surface area contributed by atoms with Crippen LogP contribution in [-0.4, -0.2) is 29.7 Å². The zero-order valence-corrected chi connectivity index (χ0v) is 10.3. The highest BCUT2D eigenvalue weighted by molar-refractivity contribution is 6.31. The molecule has 1 aromatic heterocycles. The van der Waals surface area contributed by atoms with Crippen LogP contribution in [0.4, 0.5) is 5.95 Å². The molecule has 1 saturated heterocycles. The van der Waals surface area contributed by atoms with Crippen LogP contribution in [0.15, 0.2) is 18.2 Å². The van der Waals surface area contributed by atoms with Crippen LogP contribution in [0.1, 0.15) is 6.92 Å². The van der Waals surface area contributed by atoms with Gasteiger partial charge in [-0.05, 0) is 18.2 Å². The van der Waals surface area contributed by atoms with Crippen LogP contribution in [0.5, 0.6) is 0 Å². The Kier molecular flexibility index (Phi) is 2.49. The number of imidazole rings is 1. The number of aromatic amines is 1. The van der Waals surface area contributed by atoms with Crippen molar-refractivity contribution in [3.8, 4) is 0 Å². The molecule has 1 aliphatic rings. The Morgan fingerprint density at radius 2 is 2.35 bits per heavy atom. The number of rotatable bonds is 3. The van der Waals surface area contributed by atoms with E-state index in [9.17, 15) is 0 Å². The first-order valence-corrected chi connectivity index (χ1v) is 5.99. The molecule has 4 nitrogen and oxygen atoms in total. The Morgan fingerprint density at radius 1 is 1.53 bits per heavy atom. The molecule has 1 aliphatic heterocycles. The molecule has 17 heavy (non-hydrogen) atoms. The van der Waals surface area contributed by atoms with Crippen LogP contribution in [0.2, 0.25) is 5.02 Å². The predicted octanol–water partition coefficient (Wildman–Crippen LogP) is 2.66. The molecule has 1 aromatic carbocycles. The molecule has 0 spiro atoms. The van der Waals surface area contributed by atoms with E-state index in [1.807, 2.05) is 18.2 Å². The van der Waals surface area contributed by atoms with Gasteiger partial charge in [0.25, 0.3) is 0 Å². The molecule has 3 rings (SSSR count). The normalized spacial score (nSPS) is 18.0. The number of nitrogens with one attached hydrogen (secondary N) is 2. The number of benzene rings is 1. The van der Waals surface area contributed by atoms with Gasteiger partial charge in [0.05, 0.1) is 24.2 Å². The number of halogens is 1. The molecule has 0 bridgehead atoms. The van der Waals surface area contributed by atoms with E-state index in [1.165, 1.54) is 0 Å². The Hall–Kier alpha value is -1.26. The SMILES string of the molecule is CC1(CNc2nc3ccc(Cl)cc3[nH]2)COC1. The standard InChI is InChI=1S/C12H14ClN3O/c1-12(6-17-7-12)5-14-11-15-9-3-2-8(13)4-10(9)16-11/h2-4H,5-7H2,1H3,(H2,14,15,16). The van der Waals surface area contributed by atoms with Gasteiger partial charge in [-0.25, -0.2) is 4.98 Å². The molecule has 0 aliphatic carbocycles. The minimum Gasteiger partial charge on any atom is -0.380 e. The maximum Gasteiger partial charge on any atom is 0.201 e. The molecule has 0 atom stereocenters. The van der Waals surface area contributed by atoms with Gasteiger partial charge in [0, 0.05) is 17.0 Å². The van der Waals surface area contributed by atoms with Gasteiger partial charge in [-0.2, -0.15) is 0 Å². The van der Waals surface area contributed by atoms with Gasteiger partial charge < -0.3 is 15.0 Å². The fraction of sp³-hybridized carbons (Fsp3) is 0.417. The maximum absolute atomic E-state index is 5.92. The first kappa shape index (κ1) is 10.9. The van der Waals surface area contributed by atoms with Gasteiger partial charge >= 0.3 is 0 Å². The molecule has 0 amide bonds. The van der Waals surface area contributed by atoms with Gasteiger partial charge in [-0.3, -0.25) is 0 Å². The van der Waals surface area contributed by atoms with Crippen LogP contribution in [-0.2, 0) is 4.74 Å². The summed E-state index contributed by atoms with van der Waals surface area (Å²) in [6.07, 6.45) is 0.